The highest BCUT2D eigenvalue weighted by Crippen LogP contribution is 2.15. The van der Waals surface area contributed by atoms with Crippen LogP contribution in [0.1, 0.15) is 26.2 Å². The average Bonchev–Trinajstić information content (AvgIpc) is 2.32. The van der Waals surface area contributed by atoms with E-state index in [1.807, 2.05) is 6.92 Å². The second-order valence-corrected chi connectivity index (χ2v) is 3.67. The maximum atomic E-state index is 11.2. The normalized spacial score (nSPS) is 9.94. The van der Waals surface area contributed by atoms with E-state index in [1.165, 1.54) is 12.1 Å². The molecule has 1 aromatic carbocycles. The molecule has 17 heavy (non-hydrogen) atoms. The van der Waals surface area contributed by atoms with Crippen molar-refractivity contribution in [3.63, 3.8) is 0 Å². The number of hydrogen-bond acceptors (Lipinski definition) is 4. The molecule has 4 heteroatoms. The monoisotopic (exact) mass is 238 g/mol. The SMILES string of the molecule is CCCCOC(=O)CCOc1ccc(O)cc1. The molecule has 0 fully saturated rings. The zero-order valence-corrected chi connectivity index (χ0v) is 10.0. The van der Waals surface area contributed by atoms with Crippen LogP contribution in [0.3, 0.4) is 0 Å². The first-order chi connectivity index (χ1) is 8.22. The second-order valence-electron chi connectivity index (χ2n) is 3.67. The Kier molecular flexibility index (Phi) is 5.93. The summed E-state index contributed by atoms with van der Waals surface area (Å²) in [7, 11) is 0. The number of aromatic hydroxyl groups is 1. The Morgan fingerprint density at radius 3 is 2.59 bits per heavy atom. The molecule has 0 spiro atoms. The number of benzene rings is 1. The predicted octanol–water partition coefficient (Wildman–Crippen LogP) is 2.50. The van der Waals surface area contributed by atoms with Gasteiger partial charge in [-0.05, 0) is 30.7 Å². The standard InChI is InChI=1S/C13H18O4/c1-2-3-9-17-13(15)8-10-16-12-6-4-11(14)5-7-12/h4-7,14H,2-3,8-10H2,1H3. The van der Waals surface area contributed by atoms with E-state index in [1.54, 1.807) is 12.1 Å². The summed E-state index contributed by atoms with van der Waals surface area (Å²) in [5, 5.41) is 9.06. The molecule has 0 aliphatic heterocycles. The molecule has 0 heterocycles. The van der Waals surface area contributed by atoms with Crippen molar-refractivity contribution in [3.05, 3.63) is 24.3 Å². The van der Waals surface area contributed by atoms with Gasteiger partial charge in [-0.1, -0.05) is 13.3 Å². The third kappa shape index (κ3) is 5.80. The van der Waals surface area contributed by atoms with Crippen LogP contribution in [0.25, 0.3) is 0 Å². The number of carbonyl (C=O) groups is 1. The Bertz CT molecular complexity index is 332. The summed E-state index contributed by atoms with van der Waals surface area (Å²) in [6, 6.07) is 6.37. The number of phenolic OH excluding ortho intramolecular Hbond substituents is 1. The van der Waals surface area contributed by atoms with E-state index in [-0.39, 0.29) is 24.7 Å². The number of hydrogen-bond donors (Lipinski definition) is 1. The number of phenols is 1. The molecule has 0 aromatic heterocycles. The fraction of sp³-hybridized carbons (Fsp3) is 0.462. The van der Waals surface area contributed by atoms with Crippen LogP contribution in [-0.2, 0) is 9.53 Å². The van der Waals surface area contributed by atoms with Crippen molar-refractivity contribution in [1.29, 1.82) is 0 Å². The summed E-state index contributed by atoms with van der Waals surface area (Å²) in [6.45, 7) is 2.81. The zero-order chi connectivity index (χ0) is 12.5. The minimum absolute atomic E-state index is 0.191. The third-order valence-corrected chi connectivity index (χ3v) is 2.17. The summed E-state index contributed by atoms with van der Waals surface area (Å²) in [6.07, 6.45) is 2.15. The Morgan fingerprint density at radius 2 is 1.94 bits per heavy atom. The van der Waals surface area contributed by atoms with Crippen molar-refractivity contribution in [2.24, 2.45) is 0 Å². The summed E-state index contributed by atoms with van der Waals surface area (Å²) in [5.74, 6) is 0.581. The van der Waals surface area contributed by atoms with Crippen LogP contribution < -0.4 is 4.74 Å². The van der Waals surface area contributed by atoms with Crippen molar-refractivity contribution in [2.45, 2.75) is 26.2 Å². The zero-order valence-electron chi connectivity index (χ0n) is 10.0. The van der Waals surface area contributed by atoms with Gasteiger partial charge < -0.3 is 14.6 Å². The Balaban J connectivity index is 2.14. The van der Waals surface area contributed by atoms with Crippen LogP contribution in [0.15, 0.2) is 24.3 Å². The lowest BCUT2D eigenvalue weighted by Crippen LogP contribution is -2.10. The number of rotatable bonds is 7. The first-order valence-corrected chi connectivity index (χ1v) is 5.80. The van der Waals surface area contributed by atoms with E-state index in [2.05, 4.69) is 0 Å². The van der Waals surface area contributed by atoms with E-state index < -0.39 is 0 Å². The van der Waals surface area contributed by atoms with Gasteiger partial charge in [-0.25, -0.2) is 0 Å². The minimum Gasteiger partial charge on any atom is -0.508 e. The minimum atomic E-state index is -0.239. The lowest BCUT2D eigenvalue weighted by Gasteiger charge is -2.06. The summed E-state index contributed by atoms with van der Waals surface area (Å²) < 4.78 is 10.3. The highest BCUT2D eigenvalue weighted by Gasteiger charge is 2.03. The molecule has 94 valence electrons. The molecule has 0 atom stereocenters. The number of unbranched alkanes of at least 4 members (excludes halogenated alkanes) is 1. The fourth-order valence-corrected chi connectivity index (χ4v) is 1.20. The lowest BCUT2D eigenvalue weighted by molar-refractivity contribution is -0.144. The van der Waals surface area contributed by atoms with Gasteiger partial charge in [0.1, 0.15) is 11.5 Å². The molecule has 1 aromatic rings. The largest absolute Gasteiger partial charge is 0.508 e. The fourth-order valence-electron chi connectivity index (χ4n) is 1.20. The molecule has 1 rings (SSSR count). The second kappa shape index (κ2) is 7.54. The molecule has 0 unspecified atom stereocenters. The molecule has 1 N–H and O–H groups in total. The first-order valence-electron chi connectivity index (χ1n) is 5.80. The van der Waals surface area contributed by atoms with Gasteiger partial charge in [0.15, 0.2) is 0 Å². The van der Waals surface area contributed by atoms with Gasteiger partial charge in [-0.2, -0.15) is 0 Å². The van der Waals surface area contributed by atoms with E-state index in [4.69, 9.17) is 14.6 Å². The van der Waals surface area contributed by atoms with Gasteiger partial charge in [0.25, 0.3) is 0 Å². The molecule has 0 saturated carbocycles. The highest BCUT2D eigenvalue weighted by molar-refractivity contribution is 5.69. The molecule has 0 aliphatic carbocycles. The van der Waals surface area contributed by atoms with Crippen LogP contribution in [0.2, 0.25) is 0 Å². The van der Waals surface area contributed by atoms with Crippen LogP contribution in [0.4, 0.5) is 0 Å². The summed E-state index contributed by atoms with van der Waals surface area (Å²) in [5.41, 5.74) is 0. The van der Waals surface area contributed by atoms with Crippen LogP contribution in [0.5, 0.6) is 11.5 Å². The van der Waals surface area contributed by atoms with Gasteiger partial charge in [0.2, 0.25) is 0 Å². The molecular weight excluding hydrogens is 220 g/mol. The third-order valence-electron chi connectivity index (χ3n) is 2.17. The van der Waals surface area contributed by atoms with E-state index in [0.717, 1.165) is 12.8 Å². The van der Waals surface area contributed by atoms with Gasteiger partial charge in [0.05, 0.1) is 19.6 Å². The number of esters is 1. The topological polar surface area (TPSA) is 55.8 Å². The predicted molar refractivity (Wildman–Crippen MR) is 64.1 cm³/mol. The first kappa shape index (κ1) is 13.4. The van der Waals surface area contributed by atoms with Crippen molar-refractivity contribution in [1.82, 2.24) is 0 Å². The van der Waals surface area contributed by atoms with Gasteiger partial charge in [-0.3, -0.25) is 4.79 Å². The maximum Gasteiger partial charge on any atom is 0.309 e. The van der Waals surface area contributed by atoms with Crippen LogP contribution in [0, 0.1) is 0 Å². The van der Waals surface area contributed by atoms with Crippen molar-refractivity contribution >= 4 is 5.97 Å². The van der Waals surface area contributed by atoms with E-state index in [0.29, 0.717) is 12.4 Å². The summed E-state index contributed by atoms with van der Waals surface area (Å²) >= 11 is 0. The smallest absolute Gasteiger partial charge is 0.309 e. The van der Waals surface area contributed by atoms with Gasteiger partial charge in [-0.15, -0.1) is 0 Å². The van der Waals surface area contributed by atoms with E-state index in [9.17, 15) is 4.79 Å². The summed E-state index contributed by atoms with van der Waals surface area (Å²) in [4.78, 5) is 11.2. The van der Waals surface area contributed by atoms with Gasteiger partial charge in [0, 0.05) is 0 Å². The van der Waals surface area contributed by atoms with Crippen LogP contribution in [-0.4, -0.2) is 24.3 Å². The molecule has 0 amide bonds. The van der Waals surface area contributed by atoms with Gasteiger partial charge >= 0.3 is 5.97 Å². The van der Waals surface area contributed by atoms with Crippen molar-refractivity contribution < 1.29 is 19.4 Å². The van der Waals surface area contributed by atoms with Crippen LogP contribution >= 0.6 is 0 Å². The Morgan fingerprint density at radius 1 is 1.24 bits per heavy atom. The molecule has 0 radical (unpaired) electrons. The number of carbonyl (C=O) groups excluding carboxylic acids is 1. The lowest BCUT2D eigenvalue weighted by atomic mass is 10.3. The quantitative estimate of drug-likeness (QED) is 0.585. The maximum absolute atomic E-state index is 11.2. The molecule has 0 saturated heterocycles. The van der Waals surface area contributed by atoms with Crippen molar-refractivity contribution in [3.8, 4) is 11.5 Å². The number of ether oxygens (including phenoxy) is 2. The molecular formula is C13H18O4. The molecule has 4 nitrogen and oxygen atoms in total. The Hall–Kier alpha value is -1.71. The average molecular weight is 238 g/mol. The van der Waals surface area contributed by atoms with Crippen molar-refractivity contribution in [2.75, 3.05) is 13.2 Å². The molecule has 0 bridgehead atoms. The highest BCUT2D eigenvalue weighted by atomic mass is 16.5. The Labute approximate surface area is 101 Å². The molecule has 0 aliphatic rings. The van der Waals surface area contributed by atoms with E-state index >= 15 is 0 Å².